The van der Waals surface area contributed by atoms with E-state index < -0.39 is 11.2 Å². The fourth-order valence-corrected chi connectivity index (χ4v) is 5.10. The van der Waals surface area contributed by atoms with E-state index in [0.29, 0.717) is 17.7 Å². The number of nitriles is 1. The summed E-state index contributed by atoms with van der Waals surface area (Å²) < 4.78 is 11.4. The maximum atomic E-state index is 9.54. The number of aromatic nitrogens is 2. The molecule has 2 unspecified atom stereocenters. The van der Waals surface area contributed by atoms with Crippen LogP contribution < -0.4 is 9.91 Å². The highest BCUT2D eigenvalue weighted by molar-refractivity contribution is 6.22. The van der Waals surface area contributed by atoms with E-state index in [4.69, 9.17) is 25.9 Å². The fourth-order valence-electron chi connectivity index (χ4n) is 4.80. The normalized spacial score (nSPS) is 25.4. The summed E-state index contributed by atoms with van der Waals surface area (Å²) in [4.78, 5) is 12.7. The third kappa shape index (κ3) is 2.44. The van der Waals surface area contributed by atoms with Gasteiger partial charge in [-0.15, -0.1) is 0 Å². The molecule has 0 radical (unpaired) electrons. The number of hydrazine groups is 1. The fraction of sp³-hybridized carbons (Fsp3) is 0.400. The Morgan fingerprint density at radius 2 is 2.10 bits per heavy atom. The molecule has 10 nitrogen and oxygen atoms in total. The first kappa shape index (κ1) is 18.5. The lowest BCUT2D eigenvalue weighted by atomic mass is 10.0. The SMILES string of the molecule is COC1(c2nc(N3C=NC4c5ccccc5N5C(=CN(C#N)C5Cl)N43)no2)CCCC1. The van der Waals surface area contributed by atoms with Crippen molar-refractivity contribution >= 4 is 29.6 Å². The third-order valence-electron chi connectivity index (χ3n) is 6.36. The summed E-state index contributed by atoms with van der Waals surface area (Å²) >= 11 is 6.62. The Morgan fingerprint density at radius 3 is 2.87 bits per heavy atom. The summed E-state index contributed by atoms with van der Waals surface area (Å²) in [6.07, 6.45) is 8.99. The van der Waals surface area contributed by atoms with Gasteiger partial charge in [0.25, 0.3) is 11.8 Å². The van der Waals surface area contributed by atoms with Crippen molar-refractivity contribution in [2.75, 3.05) is 17.0 Å². The zero-order valence-corrected chi connectivity index (χ0v) is 17.5. The Labute approximate surface area is 183 Å². The van der Waals surface area contributed by atoms with Gasteiger partial charge >= 0.3 is 0 Å². The Kier molecular flexibility index (Phi) is 3.94. The van der Waals surface area contributed by atoms with Gasteiger partial charge in [0.15, 0.2) is 23.8 Å². The van der Waals surface area contributed by atoms with Crippen molar-refractivity contribution in [1.82, 2.24) is 20.0 Å². The zero-order chi connectivity index (χ0) is 21.2. The van der Waals surface area contributed by atoms with Gasteiger partial charge in [0.2, 0.25) is 0 Å². The number of aliphatic imine (C=N–C) groups is 1. The van der Waals surface area contributed by atoms with E-state index in [-0.39, 0.29) is 6.17 Å². The lowest BCUT2D eigenvalue weighted by molar-refractivity contribution is -0.0342. The molecule has 4 heterocycles. The maximum Gasteiger partial charge on any atom is 0.290 e. The van der Waals surface area contributed by atoms with E-state index in [1.54, 1.807) is 24.7 Å². The number of alkyl halides is 1. The molecule has 4 aliphatic rings. The van der Waals surface area contributed by atoms with Crippen molar-refractivity contribution in [1.29, 1.82) is 5.26 Å². The number of halogens is 1. The average Bonchev–Trinajstić information content (AvgIpc) is 3.58. The molecular weight excluding hydrogens is 420 g/mol. The van der Waals surface area contributed by atoms with Crippen LogP contribution in [0.5, 0.6) is 0 Å². The maximum absolute atomic E-state index is 9.54. The van der Waals surface area contributed by atoms with E-state index in [2.05, 4.69) is 16.3 Å². The summed E-state index contributed by atoms with van der Waals surface area (Å²) in [7, 11) is 1.68. The first-order valence-electron chi connectivity index (χ1n) is 10.1. The highest BCUT2D eigenvalue weighted by Gasteiger charge is 2.49. The second-order valence-corrected chi connectivity index (χ2v) is 8.26. The number of fused-ring (bicyclic) bond motifs is 6. The summed E-state index contributed by atoms with van der Waals surface area (Å²) in [5.74, 6) is 1.53. The lowest BCUT2D eigenvalue weighted by Gasteiger charge is -2.42. The molecule has 31 heavy (non-hydrogen) atoms. The molecular formula is C20H19ClN8O2. The van der Waals surface area contributed by atoms with E-state index in [1.165, 1.54) is 4.90 Å². The molecule has 1 aliphatic carbocycles. The van der Waals surface area contributed by atoms with Gasteiger partial charge < -0.3 is 9.26 Å². The predicted octanol–water partition coefficient (Wildman–Crippen LogP) is 3.19. The molecule has 0 saturated heterocycles. The lowest BCUT2D eigenvalue weighted by Crippen LogP contribution is -2.48. The Hall–Kier alpha value is -3.29. The first-order valence-corrected chi connectivity index (χ1v) is 10.5. The van der Waals surface area contributed by atoms with Gasteiger partial charge in [0, 0.05) is 12.7 Å². The molecule has 0 amide bonds. The van der Waals surface area contributed by atoms with Gasteiger partial charge in [0.1, 0.15) is 11.9 Å². The van der Waals surface area contributed by atoms with Gasteiger partial charge in [-0.25, -0.2) is 19.9 Å². The van der Waals surface area contributed by atoms with Crippen LogP contribution in [-0.4, -0.2) is 39.1 Å². The Morgan fingerprint density at radius 1 is 1.29 bits per heavy atom. The molecule has 1 fully saturated rings. The number of rotatable bonds is 3. The summed E-state index contributed by atoms with van der Waals surface area (Å²) in [6, 6.07) is 7.88. The first-order chi connectivity index (χ1) is 15.2. The molecule has 1 aromatic heterocycles. The number of methoxy groups -OCH3 is 1. The van der Waals surface area contributed by atoms with Crippen LogP contribution in [0.3, 0.4) is 0 Å². The number of anilines is 2. The minimum Gasteiger partial charge on any atom is -0.368 e. The van der Waals surface area contributed by atoms with E-state index in [0.717, 1.165) is 36.9 Å². The van der Waals surface area contributed by atoms with Crippen LogP contribution in [0, 0.1) is 11.5 Å². The monoisotopic (exact) mass is 438 g/mol. The average molecular weight is 439 g/mol. The summed E-state index contributed by atoms with van der Waals surface area (Å²) in [6.45, 7) is 0. The second kappa shape index (κ2) is 6.60. The number of nitrogens with zero attached hydrogens (tertiary/aromatic N) is 8. The van der Waals surface area contributed by atoms with Crippen molar-refractivity contribution < 1.29 is 9.26 Å². The molecule has 6 rings (SSSR count). The van der Waals surface area contributed by atoms with Gasteiger partial charge in [-0.3, -0.25) is 4.90 Å². The third-order valence-corrected chi connectivity index (χ3v) is 6.77. The van der Waals surface area contributed by atoms with Crippen molar-refractivity contribution in [2.45, 2.75) is 43.1 Å². The van der Waals surface area contributed by atoms with Gasteiger partial charge in [-0.1, -0.05) is 29.8 Å². The number of ether oxygens (including phenoxy) is 1. The van der Waals surface area contributed by atoms with Gasteiger partial charge in [-0.2, -0.15) is 10.2 Å². The van der Waals surface area contributed by atoms with Crippen LogP contribution in [0.15, 0.2) is 45.8 Å². The smallest absolute Gasteiger partial charge is 0.290 e. The van der Waals surface area contributed by atoms with E-state index >= 15 is 0 Å². The van der Waals surface area contributed by atoms with Crippen LogP contribution in [0.2, 0.25) is 0 Å². The molecule has 1 aromatic carbocycles. The Balaban J connectivity index is 1.42. The molecule has 0 bridgehead atoms. The highest BCUT2D eigenvalue weighted by Crippen LogP contribution is 2.49. The van der Waals surface area contributed by atoms with Crippen molar-refractivity contribution in [3.8, 4) is 6.19 Å². The molecule has 158 valence electrons. The number of hydrogen-bond acceptors (Lipinski definition) is 10. The largest absolute Gasteiger partial charge is 0.368 e. The van der Waals surface area contributed by atoms with Crippen LogP contribution >= 0.6 is 11.6 Å². The molecule has 3 aliphatic heterocycles. The van der Waals surface area contributed by atoms with E-state index in [1.807, 2.05) is 34.2 Å². The number of hydrogen-bond donors (Lipinski definition) is 0. The van der Waals surface area contributed by atoms with Crippen LogP contribution in [0.4, 0.5) is 11.6 Å². The molecule has 1 saturated carbocycles. The molecule has 0 spiro atoms. The minimum absolute atomic E-state index is 0.328. The van der Waals surface area contributed by atoms with Gasteiger partial charge in [-0.05, 0) is 36.9 Å². The van der Waals surface area contributed by atoms with Crippen LogP contribution in [0.25, 0.3) is 0 Å². The predicted molar refractivity (Wildman–Crippen MR) is 111 cm³/mol. The standard InChI is InChI=1S/C20H19ClN8O2/c1-30-20(8-4-5-9-20)17-24-19(25-31-17)27-12-23-16-13-6-2-3-7-14(13)28-15(29(16)27)10-26(11-22)18(28)21/h2-3,6-7,10,12,16,18H,4-5,8-9H2,1H3. The molecule has 2 aromatic rings. The van der Waals surface area contributed by atoms with E-state index in [9.17, 15) is 5.26 Å². The summed E-state index contributed by atoms with van der Waals surface area (Å²) in [5, 5.41) is 17.4. The molecule has 2 atom stereocenters. The zero-order valence-electron chi connectivity index (χ0n) is 16.7. The number of benzene rings is 1. The number of para-hydroxylation sites is 1. The topological polar surface area (TPSA) is 97.3 Å². The van der Waals surface area contributed by atoms with Crippen molar-refractivity contribution in [3.63, 3.8) is 0 Å². The molecule has 11 heteroatoms. The Bertz CT molecular complexity index is 1130. The quantitative estimate of drug-likeness (QED) is 0.406. The second-order valence-electron chi connectivity index (χ2n) is 7.87. The van der Waals surface area contributed by atoms with Crippen LogP contribution in [0.1, 0.15) is 43.3 Å². The highest BCUT2D eigenvalue weighted by atomic mass is 35.5. The van der Waals surface area contributed by atoms with Crippen molar-refractivity contribution in [3.05, 3.63) is 47.7 Å². The minimum atomic E-state index is -0.680. The van der Waals surface area contributed by atoms with Crippen molar-refractivity contribution in [2.24, 2.45) is 4.99 Å². The molecule has 0 N–H and O–H groups in total. The van der Waals surface area contributed by atoms with Gasteiger partial charge in [0.05, 0.1) is 11.9 Å². The summed E-state index contributed by atoms with van der Waals surface area (Å²) in [5.41, 5.74) is 0.662. The van der Waals surface area contributed by atoms with Crippen LogP contribution in [-0.2, 0) is 10.3 Å².